The highest BCUT2D eigenvalue weighted by molar-refractivity contribution is 9.10. The van der Waals surface area contributed by atoms with Gasteiger partial charge in [0, 0.05) is 57.6 Å². The number of likely N-dealkylation sites (N-methyl/N-ethyl adjacent to an activating group) is 1. The summed E-state index contributed by atoms with van der Waals surface area (Å²) in [6, 6.07) is 22.1. The summed E-state index contributed by atoms with van der Waals surface area (Å²) in [4.78, 5) is 41.6. The molecule has 1 saturated heterocycles. The summed E-state index contributed by atoms with van der Waals surface area (Å²) in [5, 5.41) is 12.8. The van der Waals surface area contributed by atoms with Crippen LogP contribution in [0.15, 0.2) is 88.9 Å². The number of aliphatic carboxylic acids is 1. The zero-order valence-electron chi connectivity index (χ0n) is 25.9. The van der Waals surface area contributed by atoms with Gasteiger partial charge in [-0.15, -0.1) is 0 Å². The van der Waals surface area contributed by atoms with Crippen LogP contribution in [-0.2, 0) is 32.8 Å². The Balaban J connectivity index is 1.30. The van der Waals surface area contributed by atoms with Crippen LogP contribution in [0.25, 0.3) is 0 Å². The molecule has 2 atom stereocenters. The average molecular weight is 693 g/mol. The number of amides is 2. The minimum Gasteiger partial charge on any atom is -0.492 e. The SMILES string of the molecule is CN(CCc1ccccc1)C(=O)C1=CCC2(c3ccc(CCOc4cc(F)ccc4Br)cc3)CN(C(=O)CCCC(=O)O)C[C@H]1N2. The van der Waals surface area contributed by atoms with Gasteiger partial charge < -0.3 is 19.6 Å². The number of nitrogens with one attached hydrogen (secondary N) is 1. The van der Waals surface area contributed by atoms with E-state index in [2.05, 4.69) is 21.2 Å². The molecule has 2 bridgehead atoms. The first-order valence-corrected chi connectivity index (χ1v) is 16.4. The number of carbonyl (C=O) groups excluding carboxylic acids is 2. The summed E-state index contributed by atoms with van der Waals surface area (Å²) >= 11 is 3.39. The number of fused-ring (bicyclic) bond motifs is 2. The van der Waals surface area contributed by atoms with Gasteiger partial charge >= 0.3 is 5.97 Å². The van der Waals surface area contributed by atoms with Crippen molar-refractivity contribution in [3.63, 3.8) is 0 Å². The van der Waals surface area contributed by atoms with Crippen molar-refractivity contribution >= 4 is 33.7 Å². The quantitative estimate of drug-likeness (QED) is 0.246. The molecule has 3 aromatic carbocycles. The molecule has 0 spiro atoms. The Labute approximate surface area is 277 Å². The predicted molar refractivity (Wildman–Crippen MR) is 177 cm³/mol. The molecule has 2 N–H and O–H groups in total. The molecule has 5 rings (SSSR count). The van der Waals surface area contributed by atoms with Crippen LogP contribution >= 0.6 is 15.9 Å². The third-order valence-corrected chi connectivity index (χ3v) is 9.37. The molecular formula is C36H39BrFN3O5. The third-order valence-electron chi connectivity index (χ3n) is 8.71. The fourth-order valence-corrected chi connectivity index (χ4v) is 6.51. The van der Waals surface area contributed by atoms with E-state index in [4.69, 9.17) is 9.84 Å². The number of hydrogen-bond donors (Lipinski definition) is 2. The number of ether oxygens (including phenoxy) is 1. The number of carbonyl (C=O) groups is 3. The molecule has 10 heteroatoms. The van der Waals surface area contributed by atoms with Gasteiger partial charge in [0.15, 0.2) is 0 Å². The maximum absolute atomic E-state index is 13.7. The van der Waals surface area contributed by atoms with Crippen LogP contribution in [-0.4, -0.2) is 72.0 Å². The van der Waals surface area contributed by atoms with Crippen LogP contribution in [0, 0.1) is 5.82 Å². The van der Waals surface area contributed by atoms with E-state index in [0.29, 0.717) is 54.9 Å². The lowest BCUT2D eigenvalue weighted by atomic mass is 9.77. The Morgan fingerprint density at radius 1 is 1.04 bits per heavy atom. The predicted octanol–water partition coefficient (Wildman–Crippen LogP) is 5.49. The van der Waals surface area contributed by atoms with Crippen LogP contribution in [0.1, 0.15) is 42.4 Å². The lowest BCUT2D eigenvalue weighted by Gasteiger charge is -2.51. The Morgan fingerprint density at radius 2 is 1.78 bits per heavy atom. The molecule has 0 radical (unpaired) electrons. The molecule has 1 unspecified atom stereocenters. The molecule has 242 valence electrons. The lowest BCUT2D eigenvalue weighted by Crippen LogP contribution is -2.66. The fourth-order valence-electron chi connectivity index (χ4n) is 6.15. The Bertz CT molecular complexity index is 1580. The van der Waals surface area contributed by atoms with Gasteiger partial charge in [-0.3, -0.25) is 19.7 Å². The van der Waals surface area contributed by atoms with E-state index < -0.39 is 11.5 Å². The molecule has 2 amide bonds. The molecule has 46 heavy (non-hydrogen) atoms. The number of carboxylic acid groups (broad SMARTS) is 1. The smallest absolute Gasteiger partial charge is 0.303 e. The molecule has 0 saturated carbocycles. The summed E-state index contributed by atoms with van der Waals surface area (Å²) in [5.41, 5.74) is 3.25. The van der Waals surface area contributed by atoms with Gasteiger partial charge in [-0.25, -0.2) is 4.39 Å². The average Bonchev–Trinajstić information content (AvgIpc) is 3.05. The summed E-state index contributed by atoms with van der Waals surface area (Å²) < 4.78 is 20.1. The van der Waals surface area contributed by atoms with Crippen LogP contribution in [0.2, 0.25) is 0 Å². The van der Waals surface area contributed by atoms with E-state index >= 15 is 0 Å². The molecule has 1 fully saturated rings. The van der Waals surface area contributed by atoms with Gasteiger partial charge in [0.25, 0.3) is 5.91 Å². The summed E-state index contributed by atoms with van der Waals surface area (Å²) in [5.74, 6) is -1.02. The largest absolute Gasteiger partial charge is 0.492 e. The van der Waals surface area contributed by atoms with Crippen molar-refractivity contribution in [1.82, 2.24) is 15.1 Å². The first kappa shape index (κ1) is 33.3. The summed E-state index contributed by atoms with van der Waals surface area (Å²) in [6.07, 6.45) is 4.24. The summed E-state index contributed by atoms with van der Waals surface area (Å²) in [6.45, 7) is 1.69. The zero-order chi connectivity index (χ0) is 32.7. The van der Waals surface area contributed by atoms with Gasteiger partial charge in [-0.1, -0.05) is 60.7 Å². The number of piperazine rings is 1. The van der Waals surface area contributed by atoms with Gasteiger partial charge in [-0.2, -0.15) is 0 Å². The van der Waals surface area contributed by atoms with Gasteiger partial charge in [0.1, 0.15) is 11.6 Å². The first-order valence-electron chi connectivity index (χ1n) is 15.6. The maximum atomic E-state index is 13.7. The van der Waals surface area contributed by atoms with Crippen molar-refractivity contribution in [1.29, 1.82) is 0 Å². The highest BCUT2D eigenvalue weighted by atomic mass is 79.9. The zero-order valence-corrected chi connectivity index (χ0v) is 27.5. The van der Waals surface area contributed by atoms with Gasteiger partial charge in [0.05, 0.1) is 22.7 Å². The second-order valence-corrected chi connectivity index (χ2v) is 12.9. The van der Waals surface area contributed by atoms with Crippen LogP contribution < -0.4 is 10.1 Å². The maximum Gasteiger partial charge on any atom is 0.303 e. The molecule has 2 heterocycles. The molecule has 2 aliphatic heterocycles. The molecule has 3 aromatic rings. The summed E-state index contributed by atoms with van der Waals surface area (Å²) in [7, 11) is 1.81. The van der Waals surface area contributed by atoms with Crippen LogP contribution in [0.5, 0.6) is 5.75 Å². The normalized spacial score (nSPS) is 18.9. The molecule has 8 nitrogen and oxygen atoms in total. The van der Waals surface area contributed by atoms with Crippen molar-refractivity contribution in [3.8, 4) is 5.75 Å². The van der Waals surface area contributed by atoms with E-state index in [1.807, 2.05) is 60.7 Å². The second-order valence-electron chi connectivity index (χ2n) is 12.0. The highest BCUT2D eigenvalue weighted by Gasteiger charge is 2.46. The fraction of sp³-hybridized carbons (Fsp3) is 0.361. The van der Waals surface area contributed by atoms with Crippen molar-refractivity contribution in [3.05, 3.63) is 111 Å². The van der Waals surface area contributed by atoms with E-state index in [9.17, 15) is 18.8 Å². The molecule has 0 aromatic heterocycles. The van der Waals surface area contributed by atoms with Crippen molar-refractivity contribution in [2.45, 2.75) is 50.1 Å². The van der Waals surface area contributed by atoms with E-state index in [-0.39, 0.29) is 42.9 Å². The second kappa shape index (κ2) is 15.0. The van der Waals surface area contributed by atoms with Gasteiger partial charge in [0.2, 0.25) is 5.91 Å². The van der Waals surface area contributed by atoms with Crippen molar-refractivity contribution in [2.75, 3.05) is 33.3 Å². The highest BCUT2D eigenvalue weighted by Crippen LogP contribution is 2.37. The number of hydrogen-bond acceptors (Lipinski definition) is 5. The van der Waals surface area contributed by atoms with E-state index in [0.717, 1.165) is 23.1 Å². The molecule has 0 aliphatic carbocycles. The molecule has 2 aliphatic rings. The minimum absolute atomic E-state index is 0.0659. The number of nitrogens with zero attached hydrogens (tertiary/aromatic N) is 2. The van der Waals surface area contributed by atoms with Crippen LogP contribution in [0.3, 0.4) is 0 Å². The Morgan fingerprint density at radius 3 is 2.52 bits per heavy atom. The number of halogens is 2. The number of benzene rings is 3. The lowest BCUT2D eigenvalue weighted by molar-refractivity contribution is -0.138. The number of carboxylic acids is 1. The standard InChI is InChI=1S/C36H39BrFN3O5/c1-40(20-17-25-6-3-2-4-7-25)35(45)29-16-19-36(24-41(23-31(29)39-36)33(42)8-5-9-34(43)44)27-12-10-26(11-13-27)18-21-46-32-22-28(38)14-15-30(32)37/h2-4,6-7,10-16,22,31,39H,5,8-9,17-21,23-24H2,1H3,(H,43,44)/t31-,36?/m1/s1. The van der Waals surface area contributed by atoms with E-state index in [1.165, 1.54) is 12.1 Å². The minimum atomic E-state index is -0.926. The topological polar surface area (TPSA) is 99.2 Å². The van der Waals surface area contributed by atoms with E-state index in [1.54, 1.807) is 22.9 Å². The monoisotopic (exact) mass is 691 g/mol. The first-order chi connectivity index (χ1) is 22.1. The van der Waals surface area contributed by atoms with Crippen LogP contribution in [0.4, 0.5) is 4.39 Å². The third kappa shape index (κ3) is 8.22. The Kier molecular flexibility index (Phi) is 10.9. The van der Waals surface area contributed by atoms with Crippen molar-refractivity contribution < 1.29 is 28.6 Å². The Hall–Kier alpha value is -4.02. The van der Waals surface area contributed by atoms with Gasteiger partial charge in [-0.05, 0) is 64.0 Å². The molecular weight excluding hydrogens is 653 g/mol. The van der Waals surface area contributed by atoms with Crippen molar-refractivity contribution in [2.24, 2.45) is 0 Å². The number of rotatable bonds is 13.